The van der Waals surface area contributed by atoms with E-state index < -0.39 is 17.7 Å². The van der Waals surface area contributed by atoms with Gasteiger partial charge in [0.1, 0.15) is 0 Å². The maximum atomic E-state index is 13.0. The van der Waals surface area contributed by atoms with Crippen LogP contribution in [0.2, 0.25) is 0 Å². The first kappa shape index (κ1) is 20.3. The molecule has 3 nitrogen and oxygen atoms in total. The topological polar surface area (TPSA) is 42.2 Å². The number of aromatic carboxylic acids is 1. The van der Waals surface area contributed by atoms with Crippen LogP contribution in [0.25, 0.3) is 16.8 Å². The monoisotopic (exact) mass is 375 g/mol. The summed E-state index contributed by atoms with van der Waals surface area (Å²) in [7, 11) is 0. The van der Waals surface area contributed by atoms with Gasteiger partial charge in [0.05, 0.1) is 5.56 Å². The average molecular weight is 375 g/mol. The van der Waals surface area contributed by atoms with Gasteiger partial charge in [-0.05, 0) is 47.9 Å². The summed E-state index contributed by atoms with van der Waals surface area (Å²) in [6.45, 7) is 4.00. The first-order chi connectivity index (χ1) is 12.8. The number of alkyl halides is 3. The molecule has 1 aliphatic carbocycles. The molecular weight excluding hydrogens is 355 g/mol. The Bertz CT molecular complexity index is 885. The Kier molecular flexibility index (Phi) is 6.45. The minimum Gasteiger partial charge on any atom is -0.478 e. The van der Waals surface area contributed by atoms with E-state index in [9.17, 15) is 18.0 Å². The lowest BCUT2D eigenvalue weighted by molar-refractivity contribution is -0.0928. The maximum absolute atomic E-state index is 13.0. The van der Waals surface area contributed by atoms with Gasteiger partial charge in [0.15, 0.2) is 0 Å². The van der Waals surface area contributed by atoms with E-state index in [1.165, 1.54) is 18.2 Å². The lowest BCUT2D eigenvalue weighted by atomic mass is 10.1. The van der Waals surface area contributed by atoms with Crippen molar-refractivity contribution in [2.45, 2.75) is 26.4 Å². The van der Waals surface area contributed by atoms with E-state index in [0.717, 1.165) is 17.2 Å². The summed E-state index contributed by atoms with van der Waals surface area (Å²) >= 11 is 0. The summed E-state index contributed by atoms with van der Waals surface area (Å²) < 4.78 is 40.6. The molecule has 1 aliphatic rings. The molecule has 142 valence electrons. The van der Waals surface area contributed by atoms with Gasteiger partial charge < -0.3 is 9.67 Å². The molecule has 0 unspecified atom stereocenters. The Morgan fingerprint density at radius 1 is 1.07 bits per heavy atom. The van der Waals surface area contributed by atoms with E-state index in [0.29, 0.717) is 5.70 Å². The van der Waals surface area contributed by atoms with E-state index in [1.807, 2.05) is 13.8 Å². The number of carboxylic acid groups (broad SMARTS) is 1. The number of hydrogen-bond acceptors (Lipinski definition) is 1. The molecule has 3 rings (SSSR count). The normalized spacial score (nSPS) is 13.8. The van der Waals surface area contributed by atoms with Crippen LogP contribution >= 0.6 is 0 Å². The third-order valence-electron chi connectivity index (χ3n) is 3.88. The van der Waals surface area contributed by atoms with Gasteiger partial charge in [-0.25, -0.2) is 4.79 Å². The number of rotatable bonds is 3. The van der Waals surface area contributed by atoms with Gasteiger partial charge in [-0.2, -0.15) is 13.2 Å². The minimum absolute atomic E-state index is 0.158. The fraction of sp³-hybridized carbons (Fsp3) is 0.190. The van der Waals surface area contributed by atoms with Crippen LogP contribution in [0.4, 0.5) is 13.2 Å². The van der Waals surface area contributed by atoms with Crippen LogP contribution < -0.4 is 0 Å². The van der Waals surface area contributed by atoms with Crippen molar-refractivity contribution in [1.82, 2.24) is 4.57 Å². The third kappa shape index (κ3) is 5.00. The van der Waals surface area contributed by atoms with Crippen LogP contribution in [-0.2, 0) is 0 Å². The van der Waals surface area contributed by atoms with Gasteiger partial charge in [-0.15, -0.1) is 0 Å². The summed E-state index contributed by atoms with van der Waals surface area (Å²) in [6.07, 6.45) is 4.70. The van der Waals surface area contributed by atoms with Crippen molar-refractivity contribution in [2.75, 3.05) is 0 Å². The molecular formula is C21H20F3NO2. The Labute approximate surface area is 155 Å². The van der Waals surface area contributed by atoms with Crippen LogP contribution in [0.1, 0.15) is 30.6 Å². The zero-order valence-electron chi connectivity index (χ0n) is 15.0. The number of carboxylic acids is 1. The quantitative estimate of drug-likeness (QED) is 0.697. The number of nitrogens with zero attached hydrogens (tertiary/aromatic N) is 1. The molecule has 0 saturated heterocycles. The van der Waals surface area contributed by atoms with E-state index >= 15 is 0 Å². The van der Waals surface area contributed by atoms with Gasteiger partial charge in [0, 0.05) is 23.7 Å². The van der Waals surface area contributed by atoms with Gasteiger partial charge >= 0.3 is 12.1 Å². The lowest BCUT2D eigenvalue weighted by Gasteiger charge is -2.10. The maximum Gasteiger partial charge on any atom is 0.413 e. The predicted octanol–water partition coefficient (Wildman–Crippen LogP) is 6.17. The molecule has 0 fully saturated rings. The molecule has 0 radical (unpaired) electrons. The second-order valence-corrected chi connectivity index (χ2v) is 5.58. The molecule has 0 spiro atoms. The first-order valence-corrected chi connectivity index (χ1v) is 8.51. The van der Waals surface area contributed by atoms with Crippen LogP contribution in [0.3, 0.4) is 0 Å². The molecule has 6 heteroatoms. The summed E-state index contributed by atoms with van der Waals surface area (Å²) in [4.78, 5) is 10.9. The van der Waals surface area contributed by atoms with E-state index in [4.69, 9.17) is 5.11 Å². The van der Waals surface area contributed by atoms with Gasteiger partial charge in [-0.1, -0.05) is 38.1 Å². The highest BCUT2D eigenvalue weighted by molar-refractivity contribution is 5.88. The fourth-order valence-corrected chi connectivity index (χ4v) is 2.54. The molecule has 1 aromatic carbocycles. The zero-order chi connectivity index (χ0) is 20.0. The van der Waals surface area contributed by atoms with Gasteiger partial charge in [-0.3, -0.25) is 0 Å². The van der Waals surface area contributed by atoms with E-state index in [-0.39, 0.29) is 12.0 Å². The minimum atomic E-state index is -4.36. The second kappa shape index (κ2) is 8.58. The van der Waals surface area contributed by atoms with Gasteiger partial charge in [0.25, 0.3) is 0 Å². The van der Waals surface area contributed by atoms with Crippen molar-refractivity contribution in [3.05, 3.63) is 78.2 Å². The van der Waals surface area contributed by atoms with E-state index in [1.54, 1.807) is 47.3 Å². The number of allylic oxidation sites excluding steroid dienone is 6. The average Bonchev–Trinajstić information content (AvgIpc) is 3.00. The third-order valence-corrected chi connectivity index (χ3v) is 3.88. The van der Waals surface area contributed by atoms with Crippen molar-refractivity contribution in [3.63, 3.8) is 0 Å². The molecule has 0 aliphatic heterocycles. The molecule has 27 heavy (non-hydrogen) atoms. The molecule has 0 amide bonds. The Morgan fingerprint density at radius 2 is 1.74 bits per heavy atom. The molecule has 1 N–H and O–H groups in total. The summed E-state index contributed by atoms with van der Waals surface area (Å²) in [5, 5.41) is 8.92. The van der Waals surface area contributed by atoms with Crippen LogP contribution in [0.5, 0.6) is 0 Å². The highest BCUT2D eigenvalue weighted by Gasteiger charge is 2.33. The van der Waals surface area contributed by atoms with Crippen molar-refractivity contribution < 1.29 is 23.1 Å². The Morgan fingerprint density at radius 3 is 2.33 bits per heavy atom. The summed E-state index contributed by atoms with van der Waals surface area (Å²) in [5.41, 5.74) is 1.56. The molecule has 0 bridgehead atoms. The van der Waals surface area contributed by atoms with Crippen molar-refractivity contribution in [1.29, 1.82) is 0 Å². The Balaban J connectivity index is 0.00000126. The number of aromatic nitrogens is 1. The Hall–Kier alpha value is -3.02. The standard InChI is InChI=1S/C19H14F3NO2.C2H6/c20-19(21,22)16-3-1-2-4-17(11-16)23-10-9-15(12-23)13-5-7-14(8-6-13)18(24)25;1-2/h1-2,4-12H,3H2,(H,24,25);1-2H3. The molecule has 0 atom stereocenters. The largest absolute Gasteiger partial charge is 0.478 e. The smallest absolute Gasteiger partial charge is 0.413 e. The zero-order valence-corrected chi connectivity index (χ0v) is 15.0. The fourth-order valence-electron chi connectivity index (χ4n) is 2.54. The van der Waals surface area contributed by atoms with Crippen LogP contribution in [0.15, 0.2) is 72.6 Å². The molecule has 0 saturated carbocycles. The predicted molar refractivity (Wildman–Crippen MR) is 100 cm³/mol. The lowest BCUT2D eigenvalue weighted by Crippen LogP contribution is -2.11. The molecule has 1 aromatic heterocycles. The number of halogens is 3. The summed E-state index contributed by atoms with van der Waals surface area (Å²) in [5.74, 6) is -1.01. The van der Waals surface area contributed by atoms with E-state index in [2.05, 4.69) is 0 Å². The SMILES string of the molecule is CC.O=C(O)c1ccc(-c2ccn(C3=CC=CCC(C(F)(F)F)=C3)c2)cc1. The molecule has 2 aromatic rings. The molecule has 1 heterocycles. The highest BCUT2D eigenvalue weighted by Crippen LogP contribution is 2.32. The first-order valence-electron chi connectivity index (χ1n) is 8.51. The van der Waals surface area contributed by atoms with Crippen molar-refractivity contribution >= 4 is 11.7 Å². The van der Waals surface area contributed by atoms with Crippen LogP contribution in [-0.4, -0.2) is 21.8 Å². The number of hydrogen-bond donors (Lipinski definition) is 1. The van der Waals surface area contributed by atoms with Crippen LogP contribution in [0, 0.1) is 0 Å². The van der Waals surface area contributed by atoms with Gasteiger partial charge in [0.2, 0.25) is 0 Å². The number of benzene rings is 1. The van der Waals surface area contributed by atoms with Crippen molar-refractivity contribution in [2.24, 2.45) is 0 Å². The highest BCUT2D eigenvalue weighted by atomic mass is 19.4. The summed E-state index contributed by atoms with van der Waals surface area (Å²) in [6, 6.07) is 8.09. The van der Waals surface area contributed by atoms with Crippen molar-refractivity contribution in [3.8, 4) is 11.1 Å². The number of carbonyl (C=O) groups is 1. The second-order valence-electron chi connectivity index (χ2n) is 5.58.